The van der Waals surface area contributed by atoms with E-state index in [0.717, 1.165) is 0 Å². The number of hydrogen-bond donors (Lipinski definition) is 2. The van der Waals surface area contributed by atoms with Crippen molar-refractivity contribution in [1.29, 1.82) is 0 Å². The number of carbonyl (C=O) groups excluding carboxylic acids is 2. The zero-order valence-electron chi connectivity index (χ0n) is 13.4. The second kappa shape index (κ2) is 9.92. The molecule has 0 aliphatic carbocycles. The molecule has 0 saturated heterocycles. The molecule has 0 heterocycles. The average molecular weight is 346 g/mol. The summed E-state index contributed by atoms with van der Waals surface area (Å²) in [7, 11) is 1.29. The molecule has 0 unspecified atom stereocenters. The van der Waals surface area contributed by atoms with Crippen LogP contribution < -0.4 is 10.6 Å². The highest BCUT2D eigenvalue weighted by Crippen LogP contribution is 2.32. The molecule has 0 saturated carbocycles. The van der Waals surface area contributed by atoms with Crippen molar-refractivity contribution in [3.63, 3.8) is 0 Å². The fourth-order valence-electron chi connectivity index (χ4n) is 2.05. The van der Waals surface area contributed by atoms with E-state index in [2.05, 4.69) is 15.4 Å². The number of ether oxygens (including phenoxy) is 1. The first-order valence-corrected chi connectivity index (χ1v) is 7.53. The highest BCUT2D eigenvalue weighted by Gasteiger charge is 2.40. The summed E-state index contributed by atoms with van der Waals surface area (Å²) >= 11 is 0. The molecule has 1 aromatic rings. The molecule has 0 aliphatic rings. The lowest BCUT2D eigenvalue weighted by molar-refractivity contribution is -0.158. The van der Waals surface area contributed by atoms with Gasteiger partial charge in [-0.2, -0.15) is 13.2 Å². The molecule has 0 aliphatic heterocycles. The molecular weight excluding hydrogens is 325 g/mol. The van der Waals surface area contributed by atoms with Crippen LogP contribution in [0.1, 0.15) is 30.9 Å². The summed E-state index contributed by atoms with van der Waals surface area (Å²) in [6.07, 6.45) is -3.17. The number of amides is 1. The van der Waals surface area contributed by atoms with Crippen LogP contribution in [-0.4, -0.2) is 38.3 Å². The van der Waals surface area contributed by atoms with Crippen molar-refractivity contribution in [2.24, 2.45) is 0 Å². The van der Waals surface area contributed by atoms with Crippen molar-refractivity contribution in [1.82, 2.24) is 10.6 Å². The van der Waals surface area contributed by atoms with Crippen molar-refractivity contribution in [3.05, 3.63) is 35.9 Å². The number of unbranched alkanes of at least 4 members (excludes halogenated alkanes) is 1. The fraction of sp³-hybridized carbons (Fsp3) is 0.500. The third kappa shape index (κ3) is 7.45. The van der Waals surface area contributed by atoms with E-state index in [9.17, 15) is 22.8 Å². The first-order valence-electron chi connectivity index (χ1n) is 7.53. The number of carbonyl (C=O) groups is 2. The molecule has 1 atom stereocenters. The highest BCUT2D eigenvalue weighted by atomic mass is 19.4. The Bertz CT molecular complexity index is 521. The summed E-state index contributed by atoms with van der Waals surface area (Å²) in [6.45, 7) is -0.157. The lowest BCUT2D eigenvalue weighted by atomic mass is 10.1. The van der Waals surface area contributed by atoms with E-state index in [0.29, 0.717) is 19.4 Å². The minimum absolute atomic E-state index is 0.0517. The Balaban J connectivity index is 2.36. The fourth-order valence-corrected chi connectivity index (χ4v) is 2.05. The molecule has 8 heteroatoms. The number of methoxy groups -OCH3 is 1. The SMILES string of the molecule is COC(=O)CCCCNC(=O)CN[C@H](c1ccccc1)C(F)(F)F. The number of benzene rings is 1. The molecule has 1 amide bonds. The van der Waals surface area contributed by atoms with Gasteiger partial charge in [-0.1, -0.05) is 30.3 Å². The van der Waals surface area contributed by atoms with Gasteiger partial charge in [0.1, 0.15) is 6.04 Å². The molecule has 1 aromatic carbocycles. The Morgan fingerprint density at radius 1 is 1.17 bits per heavy atom. The van der Waals surface area contributed by atoms with Gasteiger partial charge in [-0.3, -0.25) is 14.9 Å². The second-order valence-corrected chi connectivity index (χ2v) is 5.15. The smallest absolute Gasteiger partial charge is 0.407 e. The zero-order chi connectivity index (χ0) is 18.0. The van der Waals surface area contributed by atoms with E-state index in [4.69, 9.17) is 0 Å². The summed E-state index contributed by atoms with van der Waals surface area (Å²) in [5.74, 6) is -0.864. The average Bonchev–Trinajstić information content (AvgIpc) is 2.54. The van der Waals surface area contributed by atoms with Crippen LogP contribution in [0, 0.1) is 0 Å². The molecule has 24 heavy (non-hydrogen) atoms. The van der Waals surface area contributed by atoms with E-state index < -0.39 is 24.7 Å². The maximum atomic E-state index is 13.1. The molecule has 0 radical (unpaired) electrons. The summed E-state index contributed by atoms with van der Waals surface area (Å²) < 4.78 is 43.7. The van der Waals surface area contributed by atoms with Crippen LogP contribution in [0.4, 0.5) is 13.2 Å². The summed E-state index contributed by atoms with van der Waals surface area (Å²) in [6, 6.07) is 5.46. The van der Waals surface area contributed by atoms with Crippen LogP contribution in [0.2, 0.25) is 0 Å². The van der Waals surface area contributed by atoms with Gasteiger partial charge in [0.15, 0.2) is 0 Å². The minimum atomic E-state index is -4.50. The molecule has 0 aromatic heterocycles. The van der Waals surface area contributed by atoms with Gasteiger partial charge in [-0.15, -0.1) is 0 Å². The number of halogens is 3. The summed E-state index contributed by atoms with van der Waals surface area (Å²) in [5.41, 5.74) is 0.0517. The maximum Gasteiger partial charge on any atom is 0.407 e. The van der Waals surface area contributed by atoms with Gasteiger partial charge in [-0.25, -0.2) is 0 Å². The maximum absolute atomic E-state index is 13.1. The molecule has 5 nitrogen and oxygen atoms in total. The van der Waals surface area contributed by atoms with Crippen LogP contribution >= 0.6 is 0 Å². The molecule has 2 N–H and O–H groups in total. The standard InChI is InChI=1S/C16H21F3N2O3/c1-24-14(23)9-5-6-10-20-13(22)11-21-15(16(17,18)19)12-7-3-2-4-8-12/h2-4,7-8,15,21H,5-6,9-11H2,1H3,(H,20,22)/t15-/m1/s1. The molecular formula is C16H21F3N2O3. The number of nitrogens with one attached hydrogen (secondary N) is 2. The Morgan fingerprint density at radius 2 is 1.83 bits per heavy atom. The van der Waals surface area contributed by atoms with Crippen LogP contribution in [0.25, 0.3) is 0 Å². The summed E-state index contributed by atoms with van der Waals surface area (Å²) in [5, 5.41) is 4.74. The second-order valence-electron chi connectivity index (χ2n) is 5.15. The van der Waals surface area contributed by atoms with Crippen molar-refractivity contribution >= 4 is 11.9 Å². The third-order valence-corrected chi connectivity index (χ3v) is 3.28. The lowest BCUT2D eigenvalue weighted by Crippen LogP contribution is -2.41. The van der Waals surface area contributed by atoms with E-state index in [1.54, 1.807) is 6.07 Å². The van der Waals surface area contributed by atoms with Gasteiger partial charge in [0, 0.05) is 13.0 Å². The first-order chi connectivity index (χ1) is 11.3. The van der Waals surface area contributed by atoms with Crippen molar-refractivity contribution in [3.8, 4) is 0 Å². The van der Waals surface area contributed by atoms with Gasteiger partial charge < -0.3 is 10.1 Å². The van der Waals surface area contributed by atoms with Gasteiger partial charge in [0.05, 0.1) is 13.7 Å². The number of alkyl halides is 3. The van der Waals surface area contributed by atoms with Gasteiger partial charge in [0.25, 0.3) is 0 Å². The predicted octanol–water partition coefficient (Wildman–Crippen LogP) is 2.34. The van der Waals surface area contributed by atoms with Crippen LogP contribution in [0.15, 0.2) is 30.3 Å². The quantitative estimate of drug-likeness (QED) is 0.532. The zero-order valence-corrected chi connectivity index (χ0v) is 13.4. The van der Waals surface area contributed by atoms with Gasteiger partial charge in [-0.05, 0) is 18.4 Å². The molecule has 0 spiro atoms. The van der Waals surface area contributed by atoms with E-state index in [1.165, 1.54) is 31.4 Å². The first kappa shape index (κ1) is 20.0. The third-order valence-electron chi connectivity index (χ3n) is 3.28. The number of esters is 1. The van der Waals surface area contributed by atoms with Gasteiger partial charge >= 0.3 is 12.1 Å². The highest BCUT2D eigenvalue weighted by molar-refractivity contribution is 5.78. The van der Waals surface area contributed by atoms with Crippen LogP contribution in [0.5, 0.6) is 0 Å². The van der Waals surface area contributed by atoms with E-state index in [-0.39, 0.29) is 18.0 Å². The topological polar surface area (TPSA) is 67.4 Å². The Labute approximate surface area is 138 Å². The van der Waals surface area contributed by atoms with E-state index >= 15 is 0 Å². The van der Waals surface area contributed by atoms with Crippen LogP contribution in [0.3, 0.4) is 0 Å². The van der Waals surface area contributed by atoms with Crippen LogP contribution in [-0.2, 0) is 14.3 Å². The normalized spacial score (nSPS) is 12.5. The Morgan fingerprint density at radius 3 is 2.42 bits per heavy atom. The van der Waals surface area contributed by atoms with Crippen molar-refractivity contribution in [2.75, 3.05) is 20.2 Å². The predicted molar refractivity (Wildman–Crippen MR) is 82.1 cm³/mol. The molecule has 1 rings (SSSR count). The van der Waals surface area contributed by atoms with Gasteiger partial charge in [0.2, 0.25) is 5.91 Å². The molecule has 0 bridgehead atoms. The largest absolute Gasteiger partial charge is 0.469 e. The van der Waals surface area contributed by atoms with E-state index in [1.807, 2.05) is 0 Å². The number of rotatable bonds is 9. The number of hydrogen-bond acceptors (Lipinski definition) is 4. The lowest BCUT2D eigenvalue weighted by Gasteiger charge is -2.21. The minimum Gasteiger partial charge on any atom is -0.469 e. The monoisotopic (exact) mass is 346 g/mol. The van der Waals surface area contributed by atoms with Crippen molar-refractivity contribution in [2.45, 2.75) is 31.5 Å². The van der Waals surface area contributed by atoms with Crippen molar-refractivity contribution < 1.29 is 27.5 Å². The Kier molecular flexibility index (Phi) is 8.25. The molecule has 0 fully saturated rings. The summed E-state index contributed by atoms with van der Waals surface area (Å²) in [4.78, 5) is 22.5. The Hall–Kier alpha value is -2.09. The molecule has 134 valence electrons.